The Morgan fingerprint density at radius 1 is 1.37 bits per heavy atom. The number of anilines is 1. The lowest BCUT2D eigenvalue weighted by Gasteiger charge is -2.33. The number of aromatic nitrogens is 1. The van der Waals surface area contributed by atoms with Crippen LogP contribution in [-0.2, 0) is 0 Å². The number of hydrogen-bond acceptors (Lipinski definition) is 7. The van der Waals surface area contributed by atoms with Crippen molar-refractivity contribution in [2.24, 2.45) is 10.9 Å². The van der Waals surface area contributed by atoms with Crippen LogP contribution in [0.1, 0.15) is 40.2 Å². The van der Waals surface area contributed by atoms with Gasteiger partial charge < -0.3 is 21.1 Å². The third-order valence-corrected chi connectivity index (χ3v) is 5.63. The molecule has 0 saturated carbocycles. The summed E-state index contributed by atoms with van der Waals surface area (Å²) in [6.45, 7) is 3.22. The number of ether oxygens (including phenoxy) is 1. The smallest absolute Gasteiger partial charge is 0.256 e. The fourth-order valence-electron chi connectivity index (χ4n) is 3.63. The van der Waals surface area contributed by atoms with E-state index in [1.54, 1.807) is 16.4 Å². The number of carbonyl (C=O) groups excluding carboxylic acids is 1. The standard InChI is InChI=1S/C21H26FN5O2S/c1-13-8-20(24)26-10-18(13)14-4-6-27(7-5-14)21(28)17-3-2-16(9-19(17)22)29-11-15(23)12-30-25/h2-3,8-10,12,14H,4-7,11,23,25H2,1H3,(H2,24,26)/b15-12-. The molecule has 9 heteroatoms. The number of piperidine rings is 1. The number of nitrogens with two attached hydrogens (primary N) is 3. The molecule has 1 aromatic carbocycles. The molecule has 0 unspecified atom stereocenters. The highest BCUT2D eigenvalue weighted by Crippen LogP contribution is 2.31. The summed E-state index contributed by atoms with van der Waals surface area (Å²) in [5.41, 5.74) is 14.1. The van der Waals surface area contributed by atoms with Gasteiger partial charge in [0.2, 0.25) is 0 Å². The highest BCUT2D eigenvalue weighted by molar-refractivity contribution is 8.00. The third-order valence-electron chi connectivity index (χ3n) is 5.19. The summed E-state index contributed by atoms with van der Waals surface area (Å²) >= 11 is 0.970. The van der Waals surface area contributed by atoms with Gasteiger partial charge in [0.05, 0.1) is 11.3 Å². The number of rotatable bonds is 6. The Morgan fingerprint density at radius 2 is 2.10 bits per heavy atom. The van der Waals surface area contributed by atoms with Crippen molar-refractivity contribution in [2.45, 2.75) is 25.7 Å². The fraction of sp³-hybridized carbons (Fsp3) is 0.333. The van der Waals surface area contributed by atoms with Crippen molar-refractivity contribution in [3.8, 4) is 5.75 Å². The summed E-state index contributed by atoms with van der Waals surface area (Å²) in [7, 11) is 0. The van der Waals surface area contributed by atoms with Crippen LogP contribution in [0, 0.1) is 12.7 Å². The molecule has 0 bridgehead atoms. The highest BCUT2D eigenvalue weighted by atomic mass is 32.2. The number of aryl methyl sites for hydroxylation is 1. The number of likely N-dealkylation sites (tertiary alicyclic amines) is 1. The van der Waals surface area contributed by atoms with Crippen molar-refractivity contribution < 1.29 is 13.9 Å². The van der Waals surface area contributed by atoms with Crippen molar-refractivity contribution >= 4 is 23.7 Å². The summed E-state index contributed by atoms with van der Waals surface area (Å²) in [6.07, 6.45) is 3.41. The van der Waals surface area contributed by atoms with Gasteiger partial charge in [-0.15, -0.1) is 0 Å². The second kappa shape index (κ2) is 9.82. The number of benzene rings is 1. The predicted octanol–water partition coefficient (Wildman–Crippen LogP) is 2.92. The van der Waals surface area contributed by atoms with E-state index in [4.69, 9.17) is 21.3 Å². The zero-order chi connectivity index (χ0) is 21.7. The maximum absolute atomic E-state index is 14.5. The van der Waals surface area contributed by atoms with E-state index in [-0.39, 0.29) is 18.1 Å². The molecule has 1 fully saturated rings. The normalized spacial score (nSPS) is 15.3. The van der Waals surface area contributed by atoms with Crippen molar-refractivity contribution in [1.29, 1.82) is 0 Å². The van der Waals surface area contributed by atoms with E-state index in [1.165, 1.54) is 12.1 Å². The molecule has 2 heterocycles. The van der Waals surface area contributed by atoms with Crippen molar-refractivity contribution in [2.75, 3.05) is 25.4 Å². The Balaban J connectivity index is 1.61. The first-order chi connectivity index (χ1) is 14.4. The topological polar surface area (TPSA) is 120 Å². The molecule has 0 radical (unpaired) electrons. The van der Waals surface area contributed by atoms with Crippen LogP contribution in [0.15, 0.2) is 41.6 Å². The van der Waals surface area contributed by atoms with Gasteiger partial charge in [-0.3, -0.25) is 9.93 Å². The number of nitrogen functional groups attached to an aromatic ring is 1. The molecular formula is C21H26FN5O2S. The van der Waals surface area contributed by atoms with Crippen LogP contribution in [0.2, 0.25) is 0 Å². The van der Waals surface area contributed by atoms with E-state index in [1.807, 2.05) is 19.2 Å². The molecule has 1 amide bonds. The van der Waals surface area contributed by atoms with Crippen molar-refractivity contribution in [1.82, 2.24) is 9.88 Å². The second-order valence-corrected chi connectivity index (χ2v) is 7.80. The minimum absolute atomic E-state index is 0.0344. The largest absolute Gasteiger partial charge is 0.487 e. The van der Waals surface area contributed by atoms with Gasteiger partial charge >= 0.3 is 0 Å². The first-order valence-electron chi connectivity index (χ1n) is 9.62. The Morgan fingerprint density at radius 3 is 2.73 bits per heavy atom. The Bertz CT molecular complexity index is 945. The van der Waals surface area contributed by atoms with E-state index in [2.05, 4.69) is 4.98 Å². The van der Waals surface area contributed by atoms with Gasteiger partial charge in [-0.2, -0.15) is 0 Å². The molecule has 2 aromatic rings. The lowest BCUT2D eigenvalue weighted by molar-refractivity contribution is 0.0708. The number of nitrogens with zero attached hydrogens (tertiary/aromatic N) is 2. The quantitative estimate of drug-likeness (QED) is 0.601. The summed E-state index contributed by atoms with van der Waals surface area (Å²) in [4.78, 5) is 18.7. The molecule has 7 nitrogen and oxygen atoms in total. The number of pyridine rings is 1. The molecule has 0 spiro atoms. The summed E-state index contributed by atoms with van der Waals surface area (Å²) in [5, 5.41) is 6.84. The zero-order valence-corrected chi connectivity index (χ0v) is 17.6. The summed E-state index contributed by atoms with van der Waals surface area (Å²) in [6, 6.07) is 6.08. The Labute approximate surface area is 179 Å². The Kier molecular flexibility index (Phi) is 7.17. The van der Waals surface area contributed by atoms with E-state index in [0.717, 1.165) is 35.9 Å². The monoisotopic (exact) mass is 431 g/mol. The third kappa shape index (κ3) is 5.22. The summed E-state index contributed by atoms with van der Waals surface area (Å²) < 4.78 is 20.0. The van der Waals surface area contributed by atoms with Crippen LogP contribution in [0.25, 0.3) is 0 Å². The minimum Gasteiger partial charge on any atom is -0.487 e. The van der Waals surface area contributed by atoms with Crippen LogP contribution in [0.5, 0.6) is 5.75 Å². The number of hydrogen-bond donors (Lipinski definition) is 3. The van der Waals surface area contributed by atoms with Crippen LogP contribution >= 0.6 is 11.9 Å². The van der Waals surface area contributed by atoms with Gasteiger partial charge in [0.25, 0.3) is 5.91 Å². The van der Waals surface area contributed by atoms with Crippen molar-refractivity contribution in [3.63, 3.8) is 0 Å². The molecule has 0 atom stereocenters. The SMILES string of the molecule is Cc1cc(N)ncc1C1CCN(C(=O)c2ccc(OC/C(N)=C/SN)cc2F)CC1. The fourth-order valence-corrected chi connectivity index (χ4v) is 3.87. The highest BCUT2D eigenvalue weighted by Gasteiger charge is 2.27. The minimum atomic E-state index is -0.617. The van der Waals surface area contributed by atoms with Crippen molar-refractivity contribution in [3.05, 3.63) is 64.1 Å². The molecule has 30 heavy (non-hydrogen) atoms. The predicted molar refractivity (Wildman–Crippen MR) is 117 cm³/mol. The van der Waals surface area contributed by atoms with Gasteiger partial charge in [-0.1, -0.05) is 11.9 Å². The van der Waals surface area contributed by atoms with Crippen LogP contribution in [0.3, 0.4) is 0 Å². The lowest BCUT2D eigenvalue weighted by Crippen LogP contribution is -2.38. The Hall–Kier alpha value is -2.78. The van der Waals surface area contributed by atoms with E-state index < -0.39 is 5.82 Å². The molecule has 1 aromatic heterocycles. The molecule has 6 N–H and O–H groups in total. The molecule has 3 rings (SSSR count). The van der Waals surface area contributed by atoms with E-state index in [9.17, 15) is 9.18 Å². The maximum atomic E-state index is 14.5. The van der Waals surface area contributed by atoms with Crippen LogP contribution in [-0.4, -0.2) is 35.5 Å². The first-order valence-corrected chi connectivity index (χ1v) is 10.6. The summed E-state index contributed by atoms with van der Waals surface area (Å²) in [5.74, 6) is 0.182. The lowest BCUT2D eigenvalue weighted by atomic mass is 9.88. The first kappa shape index (κ1) is 21.9. The molecule has 160 valence electrons. The van der Waals surface area contributed by atoms with E-state index in [0.29, 0.717) is 36.3 Å². The number of carbonyl (C=O) groups is 1. The molecule has 1 aliphatic rings. The number of halogens is 1. The number of amides is 1. The average Bonchev–Trinajstić information content (AvgIpc) is 2.72. The van der Waals surface area contributed by atoms with Crippen LogP contribution in [0.4, 0.5) is 10.2 Å². The van der Waals surface area contributed by atoms with Gasteiger partial charge in [-0.25, -0.2) is 9.37 Å². The zero-order valence-electron chi connectivity index (χ0n) is 16.8. The van der Waals surface area contributed by atoms with Crippen LogP contribution < -0.4 is 21.3 Å². The van der Waals surface area contributed by atoms with Gasteiger partial charge in [0.1, 0.15) is 24.0 Å². The van der Waals surface area contributed by atoms with Gasteiger partial charge in [0, 0.05) is 30.8 Å². The second-order valence-electron chi connectivity index (χ2n) is 7.29. The maximum Gasteiger partial charge on any atom is 0.256 e. The molecular weight excluding hydrogens is 405 g/mol. The molecule has 0 aliphatic carbocycles. The van der Waals surface area contributed by atoms with E-state index >= 15 is 0 Å². The van der Waals surface area contributed by atoms with Gasteiger partial charge in [-0.05, 0) is 55.0 Å². The molecule has 1 saturated heterocycles. The van der Waals surface area contributed by atoms with Gasteiger partial charge in [0.15, 0.2) is 0 Å². The molecule has 1 aliphatic heterocycles. The average molecular weight is 432 g/mol.